The van der Waals surface area contributed by atoms with Crippen LogP contribution in [0.15, 0.2) is 47.4 Å². The van der Waals surface area contributed by atoms with Crippen molar-refractivity contribution in [2.75, 3.05) is 25.0 Å². The van der Waals surface area contributed by atoms with E-state index in [1.54, 1.807) is 42.5 Å². The van der Waals surface area contributed by atoms with Crippen molar-refractivity contribution in [1.29, 1.82) is 0 Å². The minimum atomic E-state index is -3.60. The third-order valence-electron chi connectivity index (χ3n) is 5.02. The number of nitrogens with one attached hydrogen (secondary N) is 1. The Labute approximate surface area is 176 Å². The van der Waals surface area contributed by atoms with Gasteiger partial charge in [0.15, 0.2) is 0 Å². The fourth-order valence-corrected chi connectivity index (χ4v) is 5.07. The molecule has 0 bridgehead atoms. The average molecular weight is 437 g/mol. The van der Waals surface area contributed by atoms with Gasteiger partial charge in [0, 0.05) is 29.7 Å². The zero-order valence-corrected chi connectivity index (χ0v) is 18.1. The smallest absolute Gasteiger partial charge is 0.243 e. The van der Waals surface area contributed by atoms with Crippen molar-refractivity contribution in [3.63, 3.8) is 0 Å². The maximum atomic E-state index is 13.0. The summed E-state index contributed by atoms with van der Waals surface area (Å²) in [6.45, 7) is 4.87. The molecule has 2 aromatic carbocycles. The SMILES string of the molecule is CCOc1ccc(S(=O)(=O)N2CCC(C(=O)Nc3ccc(Cl)cc3)CC2)cc1C. The summed E-state index contributed by atoms with van der Waals surface area (Å²) in [5.41, 5.74) is 1.46. The van der Waals surface area contributed by atoms with Crippen LogP contribution in [0.2, 0.25) is 5.02 Å². The van der Waals surface area contributed by atoms with Gasteiger partial charge < -0.3 is 10.1 Å². The molecule has 3 rings (SSSR count). The lowest BCUT2D eigenvalue weighted by atomic mass is 9.97. The number of carbonyl (C=O) groups excluding carboxylic acids is 1. The number of rotatable bonds is 6. The number of nitrogens with zero attached hydrogens (tertiary/aromatic N) is 1. The summed E-state index contributed by atoms with van der Waals surface area (Å²) >= 11 is 5.86. The number of aryl methyl sites for hydroxylation is 1. The van der Waals surface area contributed by atoms with Crippen LogP contribution in [-0.2, 0) is 14.8 Å². The molecule has 0 radical (unpaired) electrons. The standard InChI is InChI=1S/C21H25ClN2O4S/c1-3-28-20-9-8-19(14-15(20)2)29(26,27)24-12-10-16(11-13-24)21(25)23-18-6-4-17(22)5-7-18/h4-9,14,16H,3,10-13H2,1-2H3,(H,23,25). The number of carbonyl (C=O) groups is 1. The normalized spacial score (nSPS) is 15.8. The highest BCUT2D eigenvalue weighted by atomic mass is 35.5. The Morgan fingerprint density at radius 1 is 1.17 bits per heavy atom. The molecule has 1 N–H and O–H groups in total. The van der Waals surface area contributed by atoms with Crippen molar-refractivity contribution >= 4 is 33.2 Å². The minimum absolute atomic E-state index is 0.0960. The van der Waals surface area contributed by atoms with Crippen LogP contribution in [0.4, 0.5) is 5.69 Å². The highest BCUT2D eigenvalue weighted by Gasteiger charge is 2.32. The Morgan fingerprint density at radius 2 is 1.83 bits per heavy atom. The number of ether oxygens (including phenoxy) is 1. The maximum Gasteiger partial charge on any atom is 0.243 e. The van der Waals surface area contributed by atoms with Crippen LogP contribution in [0.3, 0.4) is 0 Å². The Bertz CT molecular complexity index is 969. The molecule has 1 heterocycles. The molecule has 156 valence electrons. The van der Waals surface area contributed by atoms with Crippen molar-refractivity contribution in [3.05, 3.63) is 53.1 Å². The second kappa shape index (κ2) is 9.15. The maximum absolute atomic E-state index is 13.0. The van der Waals surface area contributed by atoms with Crippen LogP contribution >= 0.6 is 11.6 Å². The molecule has 1 amide bonds. The molecule has 0 aliphatic carbocycles. The van der Waals surface area contributed by atoms with E-state index in [1.807, 2.05) is 13.8 Å². The van der Waals surface area contributed by atoms with Gasteiger partial charge in [-0.05, 0) is 74.7 Å². The number of hydrogen-bond donors (Lipinski definition) is 1. The van der Waals surface area contributed by atoms with E-state index in [4.69, 9.17) is 16.3 Å². The first kappa shape index (κ1) is 21.6. The van der Waals surface area contributed by atoms with E-state index in [0.29, 0.717) is 49.0 Å². The fourth-order valence-electron chi connectivity index (χ4n) is 3.38. The van der Waals surface area contributed by atoms with E-state index in [-0.39, 0.29) is 16.7 Å². The molecule has 6 nitrogen and oxygen atoms in total. The van der Waals surface area contributed by atoms with Gasteiger partial charge in [-0.2, -0.15) is 4.31 Å². The van der Waals surface area contributed by atoms with Crippen molar-refractivity contribution in [1.82, 2.24) is 4.31 Å². The van der Waals surface area contributed by atoms with Crippen LogP contribution in [-0.4, -0.2) is 38.3 Å². The predicted octanol–water partition coefficient (Wildman–Crippen LogP) is 4.09. The van der Waals surface area contributed by atoms with E-state index in [2.05, 4.69) is 5.32 Å². The van der Waals surface area contributed by atoms with Crippen LogP contribution in [0, 0.1) is 12.8 Å². The van der Waals surface area contributed by atoms with Gasteiger partial charge in [0.2, 0.25) is 15.9 Å². The van der Waals surface area contributed by atoms with Gasteiger partial charge in [-0.25, -0.2) is 8.42 Å². The molecular weight excluding hydrogens is 412 g/mol. The molecule has 1 saturated heterocycles. The number of sulfonamides is 1. The first-order valence-corrected chi connectivity index (χ1v) is 11.4. The predicted molar refractivity (Wildman–Crippen MR) is 114 cm³/mol. The van der Waals surface area contributed by atoms with E-state index in [0.717, 1.165) is 5.56 Å². The van der Waals surface area contributed by atoms with Gasteiger partial charge in [-0.1, -0.05) is 11.6 Å². The van der Waals surface area contributed by atoms with E-state index < -0.39 is 10.0 Å². The highest BCUT2D eigenvalue weighted by molar-refractivity contribution is 7.89. The molecule has 0 saturated carbocycles. The number of piperidine rings is 1. The summed E-state index contributed by atoms with van der Waals surface area (Å²) in [4.78, 5) is 12.7. The van der Waals surface area contributed by atoms with Crippen LogP contribution in [0.25, 0.3) is 0 Å². The van der Waals surface area contributed by atoms with Crippen molar-refractivity contribution in [3.8, 4) is 5.75 Å². The minimum Gasteiger partial charge on any atom is -0.494 e. The number of hydrogen-bond acceptors (Lipinski definition) is 4. The van der Waals surface area contributed by atoms with E-state index in [1.165, 1.54) is 4.31 Å². The second-order valence-corrected chi connectivity index (χ2v) is 9.41. The first-order chi connectivity index (χ1) is 13.8. The van der Waals surface area contributed by atoms with Crippen LogP contribution < -0.4 is 10.1 Å². The van der Waals surface area contributed by atoms with E-state index >= 15 is 0 Å². The molecule has 29 heavy (non-hydrogen) atoms. The van der Waals surface area contributed by atoms with Crippen molar-refractivity contribution < 1.29 is 17.9 Å². The van der Waals surface area contributed by atoms with E-state index in [9.17, 15) is 13.2 Å². The first-order valence-electron chi connectivity index (χ1n) is 9.61. The Balaban J connectivity index is 1.62. The number of halogens is 1. The van der Waals surface area contributed by atoms with Gasteiger partial charge in [-0.3, -0.25) is 4.79 Å². The lowest BCUT2D eigenvalue weighted by molar-refractivity contribution is -0.120. The van der Waals surface area contributed by atoms with Gasteiger partial charge in [0.05, 0.1) is 11.5 Å². The lowest BCUT2D eigenvalue weighted by Gasteiger charge is -2.30. The third-order valence-corrected chi connectivity index (χ3v) is 7.17. The van der Waals surface area contributed by atoms with Crippen LogP contribution in [0.1, 0.15) is 25.3 Å². The molecule has 0 aromatic heterocycles. The molecule has 1 aliphatic rings. The number of benzene rings is 2. The largest absolute Gasteiger partial charge is 0.494 e. The molecule has 1 fully saturated rings. The molecule has 0 atom stereocenters. The zero-order chi connectivity index (χ0) is 21.0. The Kier molecular flexibility index (Phi) is 6.82. The molecule has 0 spiro atoms. The van der Waals surface area contributed by atoms with Gasteiger partial charge in [-0.15, -0.1) is 0 Å². The zero-order valence-electron chi connectivity index (χ0n) is 16.5. The Hall–Kier alpha value is -2.09. The summed E-state index contributed by atoms with van der Waals surface area (Å²) in [7, 11) is -3.60. The number of amides is 1. The summed E-state index contributed by atoms with van der Waals surface area (Å²) in [5.74, 6) is 0.365. The summed E-state index contributed by atoms with van der Waals surface area (Å²) < 4.78 is 32.9. The summed E-state index contributed by atoms with van der Waals surface area (Å²) in [6, 6.07) is 11.8. The molecular formula is C21H25ClN2O4S. The lowest BCUT2D eigenvalue weighted by Crippen LogP contribution is -2.41. The van der Waals surface area contributed by atoms with Gasteiger partial charge in [0.25, 0.3) is 0 Å². The van der Waals surface area contributed by atoms with Gasteiger partial charge >= 0.3 is 0 Å². The monoisotopic (exact) mass is 436 g/mol. The molecule has 0 unspecified atom stereocenters. The fraction of sp³-hybridized carbons (Fsp3) is 0.381. The molecule has 8 heteroatoms. The topological polar surface area (TPSA) is 75.7 Å². The highest BCUT2D eigenvalue weighted by Crippen LogP contribution is 2.28. The van der Waals surface area contributed by atoms with Crippen molar-refractivity contribution in [2.45, 2.75) is 31.6 Å². The quantitative estimate of drug-likeness (QED) is 0.740. The summed E-state index contributed by atoms with van der Waals surface area (Å²) in [6.07, 6.45) is 0.962. The molecule has 1 aliphatic heterocycles. The van der Waals surface area contributed by atoms with Gasteiger partial charge in [0.1, 0.15) is 5.75 Å². The number of anilines is 1. The average Bonchev–Trinajstić information content (AvgIpc) is 2.71. The summed E-state index contributed by atoms with van der Waals surface area (Å²) in [5, 5.41) is 3.47. The molecule has 2 aromatic rings. The van der Waals surface area contributed by atoms with Crippen molar-refractivity contribution in [2.24, 2.45) is 5.92 Å². The van der Waals surface area contributed by atoms with Crippen LogP contribution in [0.5, 0.6) is 5.75 Å². The second-order valence-electron chi connectivity index (χ2n) is 7.03. The third kappa shape index (κ3) is 5.10. The Morgan fingerprint density at radius 3 is 2.41 bits per heavy atom.